The molecule has 3 nitrogen and oxygen atoms in total. The van der Waals surface area contributed by atoms with Gasteiger partial charge in [-0.25, -0.2) is 0 Å². The van der Waals surface area contributed by atoms with Crippen molar-refractivity contribution in [2.24, 2.45) is 0 Å². The number of ether oxygens (including phenoxy) is 1. The standard InChI is InChI=1S/C12H22N2OS/c1-3-6-13-7-4-8-14-10-12-11(15-2)5-9-16-12/h5,9,13-14H,3-4,6-8,10H2,1-2H3. The molecular formula is C12H22N2OS. The van der Waals surface area contributed by atoms with Gasteiger partial charge in [0.1, 0.15) is 5.75 Å². The Morgan fingerprint density at radius 2 is 2.06 bits per heavy atom. The second-order valence-corrected chi connectivity index (χ2v) is 4.69. The van der Waals surface area contributed by atoms with Crippen molar-refractivity contribution in [2.75, 3.05) is 26.7 Å². The Morgan fingerprint density at radius 1 is 1.25 bits per heavy atom. The van der Waals surface area contributed by atoms with E-state index in [1.165, 1.54) is 17.7 Å². The highest BCUT2D eigenvalue weighted by Crippen LogP contribution is 2.23. The minimum absolute atomic E-state index is 0.911. The number of methoxy groups -OCH3 is 1. The molecule has 0 bridgehead atoms. The van der Waals surface area contributed by atoms with Crippen LogP contribution in [0.15, 0.2) is 11.4 Å². The van der Waals surface area contributed by atoms with Crippen molar-refractivity contribution in [3.63, 3.8) is 0 Å². The van der Waals surface area contributed by atoms with Crippen LogP contribution in [0.3, 0.4) is 0 Å². The molecule has 0 unspecified atom stereocenters. The lowest BCUT2D eigenvalue weighted by Crippen LogP contribution is -2.22. The molecule has 1 heterocycles. The molecule has 92 valence electrons. The summed E-state index contributed by atoms with van der Waals surface area (Å²) >= 11 is 1.74. The fourth-order valence-corrected chi connectivity index (χ4v) is 2.29. The van der Waals surface area contributed by atoms with Crippen LogP contribution in [0.2, 0.25) is 0 Å². The van der Waals surface area contributed by atoms with E-state index in [0.717, 1.165) is 31.9 Å². The topological polar surface area (TPSA) is 33.3 Å². The van der Waals surface area contributed by atoms with Crippen LogP contribution in [0, 0.1) is 0 Å². The van der Waals surface area contributed by atoms with Crippen molar-refractivity contribution in [3.05, 3.63) is 16.3 Å². The highest BCUT2D eigenvalue weighted by Gasteiger charge is 2.02. The van der Waals surface area contributed by atoms with Gasteiger partial charge in [-0.3, -0.25) is 0 Å². The summed E-state index contributed by atoms with van der Waals surface area (Å²) < 4.78 is 5.25. The molecule has 0 aliphatic heterocycles. The van der Waals surface area contributed by atoms with Crippen LogP contribution in [0.25, 0.3) is 0 Å². The van der Waals surface area contributed by atoms with Crippen LogP contribution < -0.4 is 15.4 Å². The molecule has 0 atom stereocenters. The van der Waals surface area contributed by atoms with Crippen LogP contribution in [0.4, 0.5) is 0 Å². The Balaban J connectivity index is 2.03. The van der Waals surface area contributed by atoms with Gasteiger partial charge in [0.05, 0.1) is 12.0 Å². The van der Waals surface area contributed by atoms with Crippen LogP contribution >= 0.6 is 11.3 Å². The lowest BCUT2D eigenvalue weighted by atomic mass is 10.3. The van der Waals surface area contributed by atoms with E-state index in [-0.39, 0.29) is 0 Å². The van der Waals surface area contributed by atoms with Crippen LogP contribution in [0.1, 0.15) is 24.6 Å². The maximum absolute atomic E-state index is 5.25. The van der Waals surface area contributed by atoms with Gasteiger partial charge in [0.25, 0.3) is 0 Å². The van der Waals surface area contributed by atoms with Crippen LogP contribution in [0.5, 0.6) is 5.75 Å². The average Bonchev–Trinajstić information content (AvgIpc) is 2.75. The van der Waals surface area contributed by atoms with Gasteiger partial charge >= 0.3 is 0 Å². The molecule has 4 heteroatoms. The number of thiophene rings is 1. The highest BCUT2D eigenvalue weighted by atomic mass is 32.1. The van der Waals surface area contributed by atoms with Gasteiger partial charge < -0.3 is 15.4 Å². The van der Waals surface area contributed by atoms with Gasteiger partial charge in [-0.1, -0.05) is 6.92 Å². The van der Waals surface area contributed by atoms with E-state index in [4.69, 9.17) is 4.74 Å². The Labute approximate surface area is 102 Å². The first kappa shape index (κ1) is 13.5. The molecule has 0 aliphatic carbocycles. The van der Waals surface area contributed by atoms with Crippen molar-refractivity contribution in [1.29, 1.82) is 0 Å². The lowest BCUT2D eigenvalue weighted by Gasteiger charge is -2.06. The predicted octanol–water partition coefficient (Wildman–Crippen LogP) is 2.24. The summed E-state index contributed by atoms with van der Waals surface area (Å²) in [7, 11) is 1.72. The van der Waals surface area contributed by atoms with Gasteiger partial charge in [-0.2, -0.15) is 0 Å². The smallest absolute Gasteiger partial charge is 0.134 e. The molecule has 0 saturated carbocycles. The minimum atomic E-state index is 0.911. The summed E-state index contributed by atoms with van der Waals surface area (Å²) in [6.07, 6.45) is 2.38. The van der Waals surface area contributed by atoms with Crippen molar-refractivity contribution < 1.29 is 4.74 Å². The summed E-state index contributed by atoms with van der Waals surface area (Å²) in [5.41, 5.74) is 0. The Hall–Kier alpha value is -0.580. The monoisotopic (exact) mass is 242 g/mol. The van der Waals surface area contributed by atoms with Gasteiger partial charge in [-0.05, 0) is 43.9 Å². The second kappa shape index (κ2) is 8.56. The summed E-state index contributed by atoms with van der Waals surface area (Å²) in [6.45, 7) is 6.38. The number of nitrogens with one attached hydrogen (secondary N) is 2. The van der Waals surface area contributed by atoms with E-state index in [0.29, 0.717) is 0 Å². The molecular weight excluding hydrogens is 220 g/mol. The molecule has 1 rings (SSSR count). The third-order valence-corrected chi connectivity index (χ3v) is 3.25. The molecule has 0 aliphatic rings. The van der Waals surface area contributed by atoms with E-state index in [1.54, 1.807) is 18.4 Å². The van der Waals surface area contributed by atoms with Gasteiger partial charge in [-0.15, -0.1) is 11.3 Å². The van der Waals surface area contributed by atoms with Gasteiger partial charge in [0, 0.05) is 6.54 Å². The zero-order valence-corrected chi connectivity index (χ0v) is 11.0. The molecule has 16 heavy (non-hydrogen) atoms. The molecule has 0 saturated heterocycles. The summed E-state index contributed by atoms with van der Waals surface area (Å²) in [4.78, 5) is 1.28. The molecule has 0 spiro atoms. The zero-order valence-electron chi connectivity index (χ0n) is 10.2. The van der Waals surface area contributed by atoms with Crippen molar-refractivity contribution in [3.8, 4) is 5.75 Å². The first-order chi connectivity index (χ1) is 7.88. The van der Waals surface area contributed by atoms with E-state index < -0.39 is 0 Å². The fourth-order valence-electron chi connectivity index (χ4n) is 1.48. The largest absolute Gasteiger partial charge is 0.496 e. The van der Waals surface area contributed by atoms with Crippen LogP contribution in [-0.2, 0) is 6.54 Å². The Bertz CT molecular complexity index is 276. The van der Waals surface area contributed by atoms with E-state index in [2.05, 4.69) is 22.9 Å². The average molecular weight is 242 g/mol. The lowest BCUT2D eigenvalue weighted by molar-refractivity contribution is 0.410. The molecule has 0 radical (unpaired) electrons. The second-order valence-electron chi connectivity index (χ2n) is 3.69. The highest BCUT2D eigenvalue weighted by molar-refractivity contribution is 7.10. The summed E-state index contributed by atoms with van der Waals surface area (Å²) in [6, 6.07) is 2.02. The Morgan fingerprint density at radius 3 is 2.81 bits per heavy atom. The molecule has 1 aromatic rings. The molecule has 2 N–H and O–H groups in total. The third-order valence-electron chi connectivity index (χ3n) is 2.34. The summed E-state index contributed by atoms with van der Waals surface area (Å²) in [5, 5.41) is 8.89. The van der Waals surface area contributed by atoms with E-state index in [9.17, 15) is 0 Å². The predicted molar refractivity (Wildman–Crippen MR) is 70.4 cm³/mol. The Kier molecular flexibility index (Phi) is 7.21. The maximum atomic E-state index is 5.25. The molecule has 0 fully saturated rings. The maximum Gasteiger partial charge on any atom is 0.134 e. The number of hydrogen-bond donors (Lipinski definition) is 2. The molecule has 0 aromatic carbocycles. The van der Waals surface area contributed by atoms with Crippen molar-refractivity contribution in [2.45, 2.75) is 26.3 Å². The normalized spacial score (nSPS) is 10.6. The fraction of sp³-hybridized carbons (Fsp3) is 0.667. The van der Waals surface area contributed by atoms with Crippen molar-refractivity contribution >= 4 is 11.3 Å². The molecule has 1 aromatic heterocycles. The van der Waals surface area contributed by atoms with Gasteiger partial charge in [0.15, 0.2) is 0 Å². The van der Waals surface area contributed by atoms with E-state index in [1.807, 2.05) is 6.07 Å². The van der Waals surface area contributed by atoms with Gasteiger partial charge in [0.2, 0.25) is 0 Å². The zero-order chi connectivity index (χ0) is 11.6. The number of hydrogen-bond acceptors (Lipinski definition) is 4. The third kappa shape index (κ3) is 4.96. The van der Waals surface area contributed by atoms with Crippen LogP contribution in [-0.4, -0.2) is 26.7 Å². The number of rotatable bonds is 9. The van der Waals surface area contributed by atoms with Crippen molar-refractivity contribution in [1.82, 2.24) is 10.6 Å². The first-order valence-electron chi connectivity index (χ1n) is 5.90. The minimum Gasteiger partial charge on any atom is -0.496 e. The quantitative estimate of drug-likeness (QED) is 0.652. The first-order valence-corrected chi connectivity index (χ1v) is 6.78. The summed E-state index contributed by atoms with van der Waals surface area (Å²) in [5.74, 6) is 1.00. The van der Waals surface area contributed by atoms with E-state index >= 15 is 0 Å². The SMILES string of the molecule is CCCNCCCNCc1sccc1OC. The molecule has 0 amide bonds.